The molecule has 0 radical (unpaired) electrons. The van der Waals surface area contributed by atoms with Crippen LogP contribution in [0.3, 0.4) is 0 Å². The fourth-order valence-corrected chi connectivity index (χ4v) is 2.63. The summed E-state index contributed by atoms with van der Waals surface area (Å²) in [5, 5.41) is 7.37. The quantitative estimate of drug-likeness (QED) is 0.445. The molecular weight excluding hydrogens is 353 g/mol. The summed E-state index contributed by atoms with van der Waals surface area (Å²) in [4.78, 5) is 7.58. The number of alkyl halides is 3. The number of hydrogen-bond acceptors (Lipinski definition) is 4. The van der Waals surface area contributed by atoms with Crippen molar-refractivity contribution in [3.63, 3.8) is 0 Å². The lowest BCUT2D eigenvalue weighted by molar-refractivity contribution is -0.140. The van der Waals surface area contributed by atoms with Crippen LogP contribution in [0.1, 0.15) is 17.1 Å². The van der Waals surface area contributed by atoms with Crippen molar-refractivity contribution < 1.29 is 17.9 Å². The van der Waals surface area contributed by atoms with Crippen molar-refractivity contribution in [2.75, 3.05) is 20.2 Å². The first-order chi connectivity index (χ1) is 12.0. The van der Waals surface area contributed by atoms with E-state index in [-0.39, 0.29) is 6.54 Å². The number of hydrogen-bond donors (Lipinski definition) is 2. The van der Waals surface area contributed by atoms with Crippen LogP contribution in [0.25, 0.3) is 0 Å². The average Bonchev–Trinajstić information content (AvgIpc) is 3.07. The van der Waals surface area contributed by atoms with Gasteiger partial charge in [0.2, 0.25) is 0 Å². The Morgan fingerprint density at radius 2 is 2.00 bits per heavy atom. The van der Waals surface area contributed by atoms with Crippen LogP contribution in [-0.4, -0.2) is 31.1 Å². The number of para-hydroxylation sites is 1. The lowest BCUT2D eigenvalue weighted by Gasteiger charge is -2.11. The second-order valence-electron chi connectivity index (χ2n) is 4.99. The molecule has 0 aliphatic heterocycles. The van der Waals surface area contributed by atoms with Crippen molar-refractivity contribution in [2.45, 2.75) is 19.1 Å². The molecule has 25 heavy (non-hydrogen) atoms. The van der Waals surface area contributed by atoms with Crippen LogP contribution in [0.2, 0.25) is 0 Å². The van der Waals surface area contributed by atoms with E-state index >= 15 is 0 Å². The molecule has 2 N–H and O–H groups in total. The predicted octanol–water partition coefficient (Wildman–Crippen LogP) is 3.30. The van der Waals surface area contributed by atoms with Crippen molar-refractivity contribution in [2.24, 2.45) is 4.99 Å². The molecule has 9 heteroatoms. The predicted molar refractivity (Wildman–Crippen MR) is 91.9 cm³/mol. The number of benzene rings is 1. The number of rotatable bonds is 7. The maximum Gasteiger partial charge on any atom is 0.434 e. The third kappa shape index (κ3) is 6.61. The molecule has 0 aliphatic carbocycles. The molecule has 2 rings (SSSR count). The molecule has 0 unspecified atom stereocenters. The van der Waals surface area contributed by atoms with Gasteiger partial charge in [-0.1, -0.05) is 18.2 Å². The molecule has 5 nitrogen and oxygen atoms in total. The molecule has 1 heterocycles. The van der Waals surface area contributed by atoms with Gasteiger partial charge in [-0.3, -0.25) is 4.99 Å². The third-order valence-electron chi connectivity index (χ3n) is 3.10. The van der Waals surface area contributed by atoms with E-state index in [9.17, 15) is 13.2 Å². The van der Waals surface area contributed by atoms with Crippen LogP contribution in [-0.2, 0) is 12.7 Å². The van der Waals surface area contributed by atoms with E-state index in [0.29, 0.717) is 24.1 Å². The molecule has 0 fully saturated rings. The van der Waals surface area contributed by atoms with Crippen LogP contribution >= 0.6 is 11.3 Å². The fourth-order valence-electron chi connectivity index (χ4n) is 1.89. The van der Waals surface area contributed by atoms with Crippen LogP contribution in [0.15, 0.2) is 40.7 Å². The van der Waals surface area contributed by atoms with E-state index in [1.807, 2.05) is 30.3 Å². The average molecular weight is 372 g/mol. The maximum atomic E-state index is 12.5. The van der Waals surface area contributed by atoms with Gasteiger partial charge in [0.05, 0.1) is 13.2 Å². The molecule has 0 bridgehead atoms. The lowest BCUT2D eigenvalue weighted by Crippen LogP contribution is -2.37. The zero-order valence-corrected chi connectivity index (χ0v) is 14.5. The van der Waals surface area contributed by atoms with Gasteiger partial charge in [0.25, 0.3) is 0 Å². The minimum Gasteiger partial charge on any atom is -0.494 e. The first kappa shape index (κ1) is 19.0. The molecule has 1 aromatic heterocycles. The Balaban J connectivity index is 1.66. The normalized spacial score (nSPS) is 12.1. The van der Waals surface area contributed by atoms with Gasteiger partial charge in [-0.05, 0) is 18.6 Å². The minimum absolute atomic E-state index is 0.181. The van der Waals surface area contributed by atoms with Gasteiger partial charge in [0, 0.05) is 19.0 Å². The van der Waals surface area contributed by atoms with E-state index in [1.54, 1.807) is 7.05 Å². The summed E-state index contributed by atoms with van der Waals surface area (Å²) in [6, 6.07) is 9.50. The zero-order valence-electron chi connectivity index (χ0n) is 13.6. The highest BCUT2D eigenvalue weighted by molar-refractivity contribution is 7.09. The topological polar surface area (TPSA) is 58.5 Å². The molecule has 0 amide bonds. The van der Waals surface area contributed by atoms with Gasteiger partial charge in [-0.2, -0.15) is 13.2 Å². The standard InChI is InChI=1S/C16H19F3N4OS/c1-20-15(21-8-5-9-24-12-6-3-2-4-7-12)22-10-14-23-13(11-25-14)16(17,18)19/h2-4,6-7,11H,5,8-10H2,1H3,(H2,20,21,22). The molecule has 0 spiro atoms. The molecule has 0 saturated heterocycles. The monoisotopic (exact) mass is 372 g/mol. The molecule has 136 valence electrons. The number of nitrogens with zero attached hydrogens (tertiary/aromatic N) is 2. The SMILES string of the molecule is CN=C(NCCCOc1ccccc1)NCc1nc(C(F)(F)F)cs1. The highest BCUT2D eigenvalue weighted by Gasteiger charge is 2.33. The second kappa shape index (κ2) is 9.26. The Hall–Kier alpha value is -2.29. The summed E-state index contributed by atoms with van der Waals surface area (Å²) in [7, 11) is 1.60. The first-order valence-electron chi connectivity index (χ1n) is 7.63. The number of nitrogens with one attached hydrogen (secondary N) is 2. The van der Waals surface area contributed by atoms with E-state index < -0.39 is 11.9 Å². The van der Waals surface area contributed by atoms with E-state index in [4.69, 9.17) is 4.74 Å². The molecule has 0 aliphatic rings. The summed E-state index contributed by atoms with van der Waals surface area (Å²) in [5.74, 6) is 1.32. The summed E-state index contributed by atoms with van der Waals surface area (Å²) in [5.41, 5.74) is -0.865. The number of guanidine groups is 1. The van der Waals surface area contributed by atoms with E-state index in [2.05, 4.69) is 20.6 Å². The Morgan fingerprint density at radius 3 is 2.64 bits per heavy atom. The Kier molecular flexibility index (Phi) is 7.05. The first-order valence-corrected chi connectivity index (χ1v) is 8.51. The highest BCUT2D eigenvalue weighted by Crippen LogP contribution is 2.29. The molecular formula is C16H19F3N4OS. The van der Waals surface area contributed by atoms with Crippen LogP contribution in [0.5, 0.6) is 5.75 Å². The van der Waals surface area contributed by atoms with Crippen LogP contribution in [0.4, 0.5) is 13.2 Å². The number of thiazole rings is 1. The Morgan fingerprint density at radius 1 is 1.24 bits per heavy atom. The van der Waals surface area contributed by atoms with Crippen LogP contribution < -0.4 is 15.4 Å². The molecule has 0 saturated carbocycles. The number of aromatic nitrogens is 1. The third-order valence-corrected chi connectivity index (χ3v) is 3.95. The number of halogens is 3. The Labute approximate surface area is 148 Å². The maximum absolute atomic E-state index is 12.5. The van der Waals surface area contributed by atoms with E-state index in [1.165, 1.54) is 0 Å². The molecule has 2 aromatic rings. The van der Waals surface area contributed by atoms with Gasteiger partial charge < -0.3 is 15.4 Å². The second-order valence-corrected chi connectivity index (χ2v) is 5.93. The number of ether oxygens (including phenoxy) is 1. The highest BCUT2D eigenvalue weighted by atomic mass is 32.1. The van der Waals surface area contributed by atoms with Crippen molar-refractivity contribution in [3.05, 3.63) is 46.4 Å². The van der Waals surface area contributed by atoms with Gasteiger partial charge in [0.15, 0.2) is 11.7 Å². The van der Waals surface area contributed by atoms with Crippen molar-refractivity contribution in [1.29, 1.82) is 0 Å². The summed E-state index contributed by atoms with van der Waals surface area (Å²) in [6.45, 7) is 1.36. The Bertz CT molecular complexity index is 674. The largest absolute Gasteiger partial charge is 0.494 e. The van der Waals surface area contributed by atoms with Gasteiger partial charge in [0.1, 0.15) is 10.8 Å². The van der Waals surface area contributed by atoms with Crippen molar-refractivity contribution in [1.82, 2.24) is 15.6 Å². The molecule has 0 atom stereocenters. The van der Waals surface area contributed by atoms with Crippen molar-refractivity contribution in [3.8, 4) is 5.75 Å². The summed E-state index contributed by atoms with van der Waals surface area (Å²) in [6.07, 6.45) is -3.65. The van der Waals surface area contributed by atoms with Crippen molar-refractivity contribution >= 4 is 17.3 Å². The van der Waals surface area contributed by atoms with Crippen LogP contribution in [0, 0.1) is 0 Å². The lowest BCUT2D eigenvalue weighted by atomic mass is 10.3. The van der Waals surface area contributed by atoms with Gasteiger partial charge in [-0.25, -0.2) is 4.98 Å². The fraction of sp³-hybridized carbons (Fsp3) is 0.375. The van der Waals surface area contributed by atoms with E-state index in [0.717, 1.165) is 28.9 Å². The van der Waals surface area contributed by atoms with Gasteiger partial charge in [-0.15, -0.1) is 11.3 Å². The molecule has 1 aromatic carbocycles. The van der Waals surface area contributed by atoms with Gasteiger partial charge >= 0.3 is 6.18 Å². The zero-order chi connectivity index (χ0) is 18.1. The smallest absolute Gasteiger partial charge is 0.434 e. The minimum atomic E-state index is -4.41. The summed E-state index contributed by atoms with van der Waals surface area (Å²) >= 11 is 0.962. The number of aliphatic imine (C=N–C) groups is 1. The summed E-state index contributed by atoms with van der Waals surface area (Å²) < 4.78 is 43.1.